The standard InChI is InChI=1S/C8H9PS/c1-3-9(4-2)8-6-5-7-10-8/h3-7H,1-2H2. The minimum Gasteiger partial charge on any atom is -0.143 e. The van der Waals surface area contributed by atoms with Crippen molar-refractivity contribution in [1.29, 1.82) is 0 Å². The van der Waals surface area contributed by atoms with Gasteiger partial charge in [0.1, 0.15) is 0 Å². The summed E-state index contributed by atoms with van der Waals surface area (Å²) < 4.78 is 1.38. The van der Waals surface area contributed by atoms with Crippen LogP contribution in [0.15, 0.2) is 42.3 Å². The fourth-order valence-corrected chi connectivity index (χ4v) is 3.01. The van der Waals surface area contributed by atoms with Gasteiger partial charge in [0.15, 0.2) is 0 Å². The Morgan fingerprint density at radius 2 is 2.10 bits per heavy atom. The van der Waals surface area contributed by atoms with Gasteiger partial charge in [-0.05, 0) is 19.4 Å². The molecule has 0 aliphatic carbocycles. The smallest absolute Gasteiger partial charge is 0.0356 e. The second-order valence-corrected chi connectivity index (χ2v) is 5.00. The van der Waals surface area contributed by atoms with Crippen LogP contribution in [0.4, 0.5) is 0 Å². The van der Waals surface area contributed by atoms with Crippen LogP contribution in [-0.2, 0) is 0 Å². The molecule has 1 rings (SSSR count). The van der Waals surface area contributed by atoms with Crippen LogP contribution in [0.5, 0.6) is 0 Å². The number of hydrogen-bond donors (Lipinski definition) is 0. The molecule has 0 aromatic carbocycles. The van der Waals surface area contributed by atoms with Crippen molar-refractivity contribution < 1.29 is 0 Å². The second kappa shape index (κ2) is 3.70. The number of rotatable bonds is 3. The van der Waals surface area contributed by atoms with Crippen LogP contribution in [0.2, 0.25) is 0 Å². The minimum atomic E-state index is -0.268. The first-order chi connectivity index (χ1) is 4.88. The maximum absolute atomic E-state index is 3.75. The molecule has 1 heterocycles. The highest BCUT2D eigenvalue weighted by atomic mass is 32.1. The molecule has 52 valence electrons. The third-order valence-electron chi connectivity index (χ3n) is 1.15. The first-order valence-electron chi connectivity index (χ1n) is 2.95. The predicted molar refractivity (Wildman–Crippen MR) is 51.3 cm³/mol. The first kappa shape index (κ1) is 7.71. The molecule has 0 unspecified atom stereocenters. The molecule has 2 heteroatoms. The average Bonchev–Trinajstić information content (AvgIpc) is 2.43. The van der Waals surface area contributed by atoms with E-state index < -0.39 is 0 Å². The quantitative estimate of drug-likeness (QED) is 0.608. The van der Waals surface area contributed by atoms with Crippen molar-refractivity contribution in [2.45, 2.75) is 0 Å². The zero-order valence-corrected chi connectivity index (χ0v) is 7.37. The molecular formula is C8H9PS. The molecule has 0 amide bonds. The molecule has 0 aliphatic heterocycles. The Morgan fingerprint density at radius 1 is 1.40 bits per heavy atom. The summed E-state index contributed by atoms with van der Waals surface area (Å²) in [4.78, 5) is 0. The minimum absolute atomic E-state index is 0.268. The van der Waals surface area contributed by atoms with E-state index in [1.165, 1.54) is 4.62 Å². The van der Waals surface area contributed by atoms with E-state index in [1.54, 1.807) is 11.3 Å². The fourth-order valence-electron chi connectivity index (χ4n) is 0.671. The summed E-state index contributed by atoms with van der Waals surface area (Å²) in [6.45, 7) is 7.50. The maximum Gasteiger partial charge on any atom is 0.0356 e. The maximum atomic E-state index is 3.75. The molecule has 0 nitrogen and oxygen atoms in total. The summed E-state index contributed by atoms with van der Waals surface area (Å²) in [6, 6.07) is 4.18. The van der Waals surface area contributed by atoms with Gasteiger partial charge in [0.05, 0.1) is 0 Å². The van der Waals surface area contributed by atoms with Crippen molar-refractivity contribution in [3.05, 3.63) is 42.3 Å². The SMILES string of the molecule is C=CP(C=C)c1cccs1. The van der Waals surface area contributed by atoms with Crippen LogP contribution in [-0.4, -0.2) is 0 Å². The number of hydrogen-bond acceptors (Lipinski definition) is 1. The molecule has 0 saturated heterocycles. The summed E-state index contributed by atoms with van der Waals surface area (Å²) in [6.07, 6.45) is 0. The molecule has 0 saturated carbocycles. The summed E-state index contributed by atoms with van der Waals surface area (Å²) >= 11 is 1.77. The molecular weight excluding hydrogens is 159 g/mol. The van der Waals surface area contributed by atoms with Gasteiger partial charge >= 0.3 is 0 Å². The lowest BCUT2D eigenvalue weighted by atomic mass is 10.7. The van der Waals surface area contributed by atoms with E-state index in [1.807, 2.05) is 11.6 Å². The van der Waals surface area contributed by atoms with Gasteiger partial charge in [-0.3, -0.25) is 0 Å². The van der Waals surface area contributed by atoms with Crippen LogP contribution in [0.25, 0.3) is 0 Å². The largest absolute Gasteiger partial charge is 0.143 e. The molecule has 0 spiro atoms. The molecule has 1 aromatic rings. The Labute approximate surface area is 66.7 Å². The summed E-state index contributed by atoms with van der Waals surface area (Å²) in [5.41, 5.74) is 0. The van der Waals surface area contributed by atoms with Crippen molar-refractivity contribution in [2.24, 2.45) is 0 Å². The Kier molecular flexibility index (Phi) is 2.85. The van der Waals surface area contributed by atoms with Crippen LogP contribution < -0.4 is 4.62 Å². The Hall–Kier alpha value is -0.390. The van der Waals surface area contributed by atoms with Crippen LogP contribution >= 0.6 is 19.3 Å². The van der Waals surface area contributed by atoms with E-state index >= 15 is 0 Å². The molecule has 0 N–H and O–H groups in total. The van der Waals surface area contributed by atoms with Gasteiger partial charge < -0.3 is 0 Å². The highest BCUT2D eigenvalue weighted by Crippen LogP contribution is 2.37. The van der Waals surface area contributed by atoms with Crippen molar-refractivity contribution in [3.8, 4) is 0 Å². The second-order valence-electron chi connectivity index (χ2n) is 1.72. The zero-order valence-electron chi connectivity index (χ0n) is 5.66. The van der Waals surface area contributed by atoms with Gasteiger partial charge in [0.25, 0.3) is 0 Å². The molecule has 0 bridgehead atoms. The summed E-state index contributed by atoms with van der Waals surface area (Å²) in [5.74, 6) is 3.93. The monoisotopic (exact) mass is 168 g/mol. The Balaban J connectivity index is 2.82. The molecule has 0 fully saturated rings. The van der Waals surface area contributed by atoms with E-state index in [-0.39, 0.29) is 7.92 Å². The van der Waals surface area contributed by atoms with E-state index in [9.17, 15) is 0 Å². The van der Waals surface area contributed by atoms with Crippen LogP contribution in [0.3, 0.4) is 0 Å². The zero-order chi connectivity index (χ0) is 7.40. The fraction of sp³-hybridized carbons (Fsp3) is 0. The van der Waals surface area contributed by atoms with Crippen LogP contribution in [0, 0.1) is 0 Å². The van der Waals surface area contributed by atoms with Crippen molar-refractivity contribution in [3.63, 3.8) is 0 Å². The van der Waals surface area contributed by atoms with Gasteiger partial charge in [-0.1, -0.05) is 30.9 Å². The topological polar surface area (TPSA) is 0 Å². The van der Waals surface area contributed by atoms with Crippen LogP contribution in [0.1, 0.15) is 0 Å². The lowest BCUT2D eigenvalue weighted by Gasteiger charge is -2.01. The molecule has 1 aromatic heterocycles. The molecule has 0 radical (unpaired) electrons. The van der Waals surface area contributed by atoms with Gasteiger partial charge in [-0.2, -0.15) is 0 Å². The predicted octanol–water partition coefficient (Wildman–Crippen LogP) is 3.14. The van der Waals surface area contributed by atoms with E-state index in [0.29, 0.717) is 0 Å². The van der Waals surface area contributed by atoms with Crippen molar-refractivity contribution in [2.75, 3.05) is 0 Å². The van der Waals surface area contributed by atoms with Gasteiger partial charge in [0, 0.05) is 4.62 Å². The van der Waals surface area contributed by atoms with E-state index in [0.717, 1.165) is 0 Å². The molecule has 0 atom stereocenters. The number of thiophene rings is 1. The lowest BCUT2D eigenvalue weighted by Crippen LogP contribution is -1.85. The molecule has 10 heavy (non-hydrogen) atoms. The Bertz CT molecular complexity index is 205. The van der Waals surface area contributed by atoms with Gasteiger partial charge in [0.2, 0.25) is 0 Å². The summed E-state index contributed by atoms with van der Waals surface area (Å²) in [5, 5.41) is 2.08. The van der Waals surface area contributed by atoms with Gasteiger partial charge in [-0.15, -0.1) is 11.3 Å². The van der Waals surface area contributed by atoms with Crippen molar-refractivity contribution in [1.82, 2.24) is 0 Å². The average molecular weight is 168 g/mol. The Morgan fingerprint density at radius 3 is 2.50 bits per heavy atom. The van der Waals surface area contributed by atoms with E-state index in [4.69, 9.17) is 0 Å². The molecule has 0 aliphatic rings. The van der Waals surface area contributed by atoms with Gasteiger partial charge in [-0.25, -0.2) is 0 Å². The van der Waals surface area contributed by atoms with Crippen molar-refractivity contribution >= 4 is 23.9 Å². The normalized spacial score (nSPS) is 9.70. The summed E-state index contributed by atoms with van der Waals surface area (Å²) in [7, 11) is -0.268. The highest BCUT2D eigenvalue weighted by molar-refractivity contribution is 7.76. The van der Waals surface area contributed by atoms with E-state index in [2.05, 4.69) is 30.7 Å². The third-order valence-corrected chi connectivity index (χ3v) is 4.22. The highest BCUT2D eigenvalue weighted by Gasteiger charge is 2.00. The lowest BCUT2D eigenvalue weighted by molar-refractivity contribution is 2.07. The third kappa shape index (κ3) is 1.56. The first-order valence-corrected chi connectivity index (χ1v) is 5.31.